The van der Waals surface area contributed by atoms with Gasteiger partial charge in [0.2, 0.25) is 0 Å². The number of nitrogens with one attached hydrogen (secondary N) is 3. The number of aromatic nitrogens is 1. The molecule has 3 rings (SSSR count). The van der Waals surface area contributed by atoms with Crippen LogP contribution in [0, 0.1) is 0 Å². The van der Waals surface area contributed by atoms with Crippen molar-refractivity contribution in [2.24, 2.45) is 0 Å². The van der Waals surface area contributed by atoms with E-state index in [2.05, 4.69) is 20.3 Å². The predicted molar refractivity (Wildman–Crippen MR) is 107 cm³/mol. The molecule has 0 aliphatic heterocycles. The number of aromatic hydroxyl groups is 2. The van der Waals surface area contributed by atoms with Crippen LogP contribution >= 0.6 is 0 Å². The second-order valence-corrected chi connectivity index (χ2v) is 7.72. The zero-order valence-corrected chi connectivity index (χ0v) is 15.8. The van der Waals surface area contributed by atoms with Gasteiger partial charge >= 0.3 is 6.03 Å². The number of phenolic OH excluding ortho intramolecular Hbond substituents is 2. The van der Waals surface area contributed by atoms with Crippen molar-refractivity contribution in [3.8, 4) is 11.5 Å². The summed E-state index contributed by atoms with van der Waals surface area (Å²) in [5.41, 5.74) is 1.26. The molecular formula is C19H18N4O5S. The summed E-state index contributed by atoms with van der Waals surface area (Å²) >= 11 is 0. The minimum Gasteiger partial charge on any atom is -0.508 e. The molecule has 29 heavy (non-hydrogen) atoms. The van der Waals surface area contributed by atoms with Gasteiger partial charge in [0.05, 0.1) is 10.6 Å². The molecule has 0 radical (unpaired) electrons. The lowest BCUT2D eigenvalue weighted by Gasteiger charge is -2.11. The van der Waals surface area contributed by atoms with E-state index in [1.54, 1.807) is 18.5 Å². The summed E-state index contributed by atoms with van der Waals surface area (Å²) in [6.45, 7) is 0.298. The predicted octanol–water partition coefficient (Wildman–Crippen LogP) is 2.62. The van der Waals surface area contributed by atoms with Crippen molar-refractivity contribution >= 4 is 27.4 Å². The molecule has 0 fully saturated rings. The molecule has 3 aromatic rings. The van der Waals surface area contributed by atoms with Crippen LogP contribution in [-0.4, -0.2) is 29.6 Å². The number of urea groups is 1. The van der Waals surface area contributed by atoms with Crippen molar-refractivity contribution in [1.29, 1.82) is 0 Å². The molecule has 0 aliphatic carbocycles. The normalized spacial score (nSPS) is 10.9. The van der Waals surface area contributed by atoms with Crippen LogP contribution < -0.4 is 15.4 Å². The summed E-state index contributed by atoms with van der Waals surface area (Å²) in [5.74, 6) is -0.556. The number of hydrogen-bond donors (Lipinski definition) is 5. The van der Waals surface area contributed by atoms with Crippen LogP contribution in [0.5, 0.6) is 11.5 Å². The lowest BCUT2D eigenvalue weighted by Crippen LogP contribution is -2.28. The molecule has 0 aliphatic rings. The highest BCUT2D eigenvalue weighted by atomic mass is 32.2. The van der Waals surface area contributed by atoms with Crippen LogP contribution in [0.15, 0.2) is 71.9 Å². The van der Waals surface area contributed by atoms with Crippen LogP contribution in [0.25, 0.3) is 0 Å². The standard InChI is InChI=1S/C19H18N4O5S/c24-16-8-15(9-17(25)10-16)23-29(27,28)18-5-3-14(4-6-18)22-19(26)21-12-13-2-1-7-20-11-13/h1-11,23-25H,12H2,(H2,21,22,26). The highest BCUT2D eigenvalue weighted by Crippen LogP contribution is 2.26. The van der Waals surface area contributed by atoms with Gasteiger partial charge in [-0.2, -0.15) is 0 Å². The van der Waals surface area contributed by atoms with Crippen molar-refractivity contribution in [2.45, 2.75) is 11.4 Å². The van der Waals surface area contributed by atoms with Gasteiger partial charge in [0.25, 0.3) is 10.0 Å². The van der Waals surface area contributed by atoms with Gasteiger partial charge in [-0.25, -0.2) is 13.2 Å². The zero-order chi connectivity index (χ0) is 20.9. The lowest BCUT2D eigenvalue weighted by molar-refractivity contribution is 0.251. The minimum absolute atomic E-state index is 0.0134. The Hall–Kier alpha value is -3.79. The molecule has 0 saturated heterocycles. The Morgan fingerprint density at radius 1 is 0.966 bits per heavy atom. The first-order chi connectivity index (χ1) is 13.8. The summed E-state index contributed by atoms with van der Waals surface area (Å²) < 4.78 is 27.1. The molecule has 9 nitrogen and oxygen atoms in total. The van der Waals surface area contributed by atoms with E-state index in [4.69, 9.17) is 0 Å². The molecule has 0 unspecified atom stereocenters. The zero-order valence-electron chi connectivity index (χ0n) is 15.0. The number of phenols is 2. The van der Waals surface area contributed by atoms with E-state index >= 15 is 0 Å². The van der Waals surface area contributed by atoms with Crippen LogP contribution in [0.2, 0.25) is 0 Å². The molecule has 2 aromatic carbocycles. The van der Waals surface area contributed by atoms with Crippen molar-refractivity contribution in [3.05, 3.63) is 72.6 Å². The Balaban J connectivity index is 1.62. The number of pyridine rings is 1. The third-order valence-corrected chi connectivity index (χ3v) is 5.15. The number of hydrogen-bond acceptors (Lipinski definition) is 6. The molecule has 2 amide bonds. The second-order valence-electron chi connectivity index (χ2n) is 6.04. The van der Waals surface area contributed by atoms with Gasteiger partial charge in [0.1, 0.15) is 11.5 Å². The third-order valence-electron chi connectivity index (χ3n) is 3.75. The third kappa shape index (κ3) is 5.59. The van der Waals surface area contributed by atoms with Crippen LogP contribution in [-0.2, 0) is 16.6 Å². The maximum atomic E-state index is 12.4. The van der Waals surface area contributed by atoms with Gasteiger partial charge in [-0.15, -0.1) is 0 Å². The molecular weight excluding hydrogens is 396 g/mol. The SMILES string of the molecule is O=C(NCc1cccnc1)Nc1ccc(S(=O)(=O)Nc2cc(O)cc(O)c2)cc1. The molecule has 0 spiro atoms. The van der Waals surface area contributed by atoms with Crippen molar-refractivity contribution < 1.29 is 23.4 Å². The first-order valence-electron chi connectivity index (χ1n) is 8.41. The number of nitrogens with zero attached hydrogens (tertiary/aromatic N) is 1. The van der Waals surface area contributed by atoms with Crippen LogP contribution in [0.4, 0.5) is 16.2 Å². The van der Waals surface area contributed by atoms with E-state index in [9.17, 15) is 23.4 Å². The van der Waals surface area contributed by atoms with Gasteiger partial charge in [-0.1, -0.05) is 6.07 Å². The largest absolute Gasteiger partial charge is 0.508 e. The van der Waals surface area contributed by atoms with Crippen molar-refractivity contribution in [1.82, 2.24) is 10.3 Å². The molecule has 150 valence electrons. The smallest absolute Gasteiger partial charge is 0.319 e. The average Bonchev–Trinajstić information content (AvgIpc) is 2.66. The minimum atomic E-state index is -3.95. The molecule has 0 bridgehead atoms. The van der Waals surface area contributed by atoms with Gasteiger partial charge in [-0.05, 0) is 35.9 Å². The number of carbonyl (C=O) groups excluding carboxylic acids is 1. The Kier molecular flexibility index (Phi) is 5.84. The summed E-state index contributed by atoms with van der Waals surface area (Å²) in [5, 5.41) is 24.2. The quantitative estimate of drug-likeness (QED) is 0.420. The highest BCUT2D eigenvalue weighted by Gasteiger charge is 2.15. The summed E-state index contributed by atoms with van der Waals surface area (Å²) in [6, 6.07) is 12.1. The summed E-state index contributed by atoms with van der Waals surface area (Å²) in [7, 11) is -3.95. The average molecular weight is 414 g/mol. The molecule has 10 heteroatoms. The second kappa shape index (κ2) is 8.48. The number of carbonyl (C=O) groups is 1. The summed E-state index contributed by atoms with van der Waals surface area (Å²) in [6.07, 6.45) is 3.27. The highest BCUT2D eigenvalue weighted by molar-refractivity contribution is 7.92. The number of sulfonamides is 1. The van der Waals surface area contributed by atoms with E-state index in [1.807, 2.05) is 6.07 Å². The van der Waals surface area contributed by atoms with E-state index < -0.39 is 16.1 Å². The van der Waals surface area contributed by atoms with E-state index in [0.717, 1.165) is 11.6 Å². The van der Waals surface area contributed by atoms with Gasteiger partial charge < -0.3 is 20.8 Å². The van der Waals surface area contributed by atoms with Gasteiger partial charge in [0, 0.05) is 42.8 Å². The fourth-order valence-corrected chi connectivity index (χ4v) is 3.49. The van der Waals surface area contributed by atoms with Crippen LogP contribution in [0.1, 0.15) is 5.56 Å². The van der Waals surface area contributed by atoms with Crippen LogP contribution in [0.3, 0.4) is 0 Å². The fourth-order valence-electron chi connectivity index (χ4n) is 2.45. The number of rotatable bonds is 6. The van der Waals surface area contributed by atoms with Crippen molar-refractivity contribution in [2.75, 3.05) is 10.0 Å². The summed E-state index contributed by atoms with van der Waals surface area (Å²) in [4.78, 5) is 15.9. The maximum absolute atomic E-state index is 12.4. The molecule has 1 aromatic heterocycles. The Morgan fingerprint density at radius 2 is 1.66 bits per heavy atom. The molecule has 5 N–H and O–H groups in total. The molecule has 1 heterocycles. The monoisotopic (exact) mass is 414 g/mol. The fraction of sp³-hybridized carbons (Fsp3) is 0.0526. The first-order valence-corrected chi connectivity index (χ1v) is 9.90. The van der Waals surface area contributed by atoms with E-state index in [-0.39, 0.29) is 22.1 Å². The molecule has 0 saturated carbocycles. The topological polar surface area (TPSA) is 141 Å². The number of anilines is 2. The lowest BCUT2D eigenvalue weighted by atomic mass is 10.3. The Labute approximate surface area is 167 Å². The first kappa shape index (κ1) is 20.0. The van der Waals surface area contributed by atoms with Gasteiger partial charge in [0.15, 0.2) is 0 Å². The van der Waals surface area contributed by atoms with Gasteiger partial charge in [-0.3, -0.25) is 9.71 Å². The van der Waals surface area contributed by atoms with Crippen molar-refractivity contribution in [3.63, 3.8) is 0 Å². The number of benzene rings is 2. The maximum Gasteiger partial charge on any atom is 0.319 e. The van der Waals surface area contributed by atoms with E-state index in [1.165, 1.54) is 36.4 Å². The van der Waals surface area contributed by atoms with E-state index in [0.29, 0.717) is 12.2 Å². The number of amides is 2. The Bertz CT molecular complexity index is 1080. The Morgan fingerprint density at radius 3 is 2.28 bits per heavy atom. The molecule has 0 atom stereocenters.